The van der Waals surface area contributed by atoms with E-state index in [4.69, 9.17) is 4.74 Å². The third-order valence-corrected chi connectivity index (χ3v) is 9.89. The fraction of sp³-hybridized carbons (Fsp3) is 0.909. The maximum absolute atomic E-state index is 12.7. The monoisotopic (exact) mass is 501 g/mol. The summed E-state index contributed by atoms with van der Waals surface area (Å²) in [5, 5.41) is 3.61. The van der Waals surface area contributed by atoms with Crippen molar-refractivity contribution in [2.24, 2.45) is 23.2 Å². The van der Waals surface area contributed by atoms with Gasteiger partial charge in [-0.1, -0.05) is 122 Å². The number of fused-ring (bicyclic) bond motifs is 2. The van der Waals surface area contributed by atoms with Crippen molar-refractivity contribution in [1.29, 1.82) is 0 Å². The van der Waals surface area contributed by atoms with Crippen LogP contribution in [0.1, 0.15) is 149 Å². The molecule has 2 aliphatic carbocycles. The van der Waals surface area contributed by atoms with Crippen LogP contribution in [-0.2, 0) is 9.53 Å². The van der Waals surface area contributed by atoms with Crippen molar-refractivity contribution in [1.82, 2.24) is 5.32 Å². The van der Waals surface area contributed by atoms with Gasteiger partial charge in [-0.15, -0.1) is 0 Å². The molecule has 0 unspecified atom stereocenters. The maximum Gasteiger partial charge on any atom is 0.310 e. The normalized spacial score (nSPS) is 29.7. The number of carbonyl (C=O) groups excluding carboxylic acids is 1. The molecule has 0 radical (unpaired) electrons. The molecular formula is C33H59NO2. The van der Waals surface area contributed by atoms with Gasteiger partial charge in [-0.05, 0) is 56.4 Å². The third-order valence-electron chi connectivity index (χ3n) is 9.89. The Morgan fingerprint density at radius 1 is 0.889 bits per heavy atom. The number of unbranched alkanes of at least 4 members (excludes halogenated alkanes) is 15. The number of hydrogen-bond acceptors (Lipinski definition) is 3. The van der Waals surface area contributed by atoms with Crippen LogP contribution in [0.15, 0.2) is 12.2 Å². The lowest BCUT2D eigenvalue weighted by Crippen LogP contribution is -2.45. The molecule has 1 N–H and O–H groups in total. The molecule has 0 spiro atoms. The van der Waals surface area contributed by atoms with Crippen molar-refractivity contribution in [3.63, 3.8) is 0 Å². The molecule has 3 aliphatic rings. The zero-order chi connectivity index (χ0) is 25.6. The highest BCUT2D eigenvalue weighted by Crippen LogP contribution is 2.56. The topological polar surface area (TPSA) is 38.3 Å². The Kier molecular flexibility index (Phi) is 13.4. The zero-order valence-electron chi connectivity index (χ0n) is 24.1. The van der Waals surface area contributed by atoms with Gasteiger partial charge < -0.3 is 10.1 Å². The molecular weight excluding hydrogens is 442 g/mol. The summed E-state index contributed by atoms with van der Waals surface area (Å²) in [6.07, 6.45) is 28.5. The molecule has 208 valence electrons. The van der Waals surface area contributed by atoms with Crippen LogP contribution in [0.4, 0.5) is 0 Å². The van der Waals surface area contributed by atoms with Gasteiger partial charge >= 0.3 is 5.97 Å². The highest BCUT2D eigenvalue weighted by atomic mass is 16.6. The minimum atomic E-state index is 0.0512. The Bertz CT molecular complexity index is 646. The molecule has 1 saturated heterocycles. The van der Waals surface area contributed by atoms with Crippen molar-refractivity contribution in [3.05, 3.63) is 12.2 Å². The zero-order valence-corrected chi connectivity index (χ0v) is 24.1. The van der Waals surface area contributed by atoms with Crippen LogP contribution in [0.25, 0.3) is 0 Å². The molecule has 2 saturated carbocycles. The Labute approximate surface area is 224 Å². The van der Waals surface area contributed by atoms with Crippen molar-refractivity contribution in [2.75, 3.05) is 13.1 Å². The summed E-state index contributed by atoms with van der Waals surface area (Å²) >= 11 is 0. The second-order valence-electron chi connectivity index (χ2n) is 12.9. The summed E-state index contributed by atoms with van der Waals surface area (Å²) in [4.78, 5) is 12.7. The minimum absolute atomic E-state index is 0.0512. The minimum Gasteiger partial charge on any atom is -0.462 e. The van der Waals surface area contributed by atoms with Gasteiger partial charge in [0.1, 0.15) is 6.10 Å². The molecule has 36 heavy (non-hydrogen) atoms. The molecule has 3 fully saturated rings. The van der Waals surface area contributed by atoms with E-state index >= 15 is 0 Å². The highest BCUT2D eigenvalue weighted by Gasteiger charge is 2.54. The van der Waals surface area contributed by atoms with Crippen LogP contribution in [0.5, 0.6) is 0 Å². The highest BCUT2D eigenvalue weighted by molar-refractivity contribution is 5.75. The molecule has 3 heteroatoms. The van der Waals surface area contributed by atoms with E-state index in [0.29, 0.717) is 17.3 Å². The predicted molar refractivity (Wildman–Crippen MR) is 153 cm³/mol. The van der Waals surface area contributed by atoms with E-state index in [2.05, 4.69) is 25.7 Å². The molecule has 1 heterocycles. The molecule has 0 aromatic rings. The number of hydrogen-bond donors (Lipinski definition) is 1. The Morgan fingerprint density at radius 2 is 1.44 bits per heavy atom. The van der Waals surface area contributed by atoms with Crippen molar-refractivity contribution in [3.8, 4) is 0 Å². The Hall–Kier alpha value is -0.830. The van der Waals surface area contributed by atoms with E-state index in [1.807, 2.05) is 0 Å². The SMILES string of the molecule is C=C1CCC[C@]2(C)C[C@@H]3OC(=O)[C@H](CNCCCCCCCCCCCCCCCCCC)[C@@H]3C[C@H]12. The smallest absolute Gasteiger partial charge is 0.310 e. The largest absolute Gasteiger partial charge is 0.462 e. The Balaban J connectivity index is 1.14. The van der Waals surface area contributed by atoms with E-state index in [-0.39, 0.29) is 18.0 Å². The standard InChI is InChI=1S/C33H59NO2/c1-4-5-6-7-8-9-10-11-12-13-14-15-16-17-18-19-23-34-26-29-28-24-30-27(2)21-20-22-33(30,3)25-31(28)36-32(29)35/h28-31,34H,2,4-26H2,1,3H3/t28-,29+,30+,31-,33+/m0/s1. The van der Waals surface area contributed by atoms with Crippen LogP contribution in [0, 0.1) is 23.2 Å². The average molecular weight is 502 g/mol. The van der Waals surface area contributed by atoms with Gasteiger partial charge in [0, 0.05) is 12.5 Å². The summed E-state index contributed by atoms with van der Waals surface area (Å²) in [6.45, 7) is 11.0. The van der Waals surface area contributed by atoms with Gasteiger partial charge in [0.2, 0.25) is 0 Å². The van der Waals surface area contributed by atoms with E-state index in [1.165, 1.54) is 128 Å². The van der Waals surface area contributed by atoms with Crippen molar-refractivity contribution in [2.45, 2.75) is 155 Å². The van der Waals surface area contributed by atoms with Crippen molar-refractivity contribution >= 4 is 5.97 Å². The lowest BCUT2D eigenvalue weighted by molar-refractivity contribution is -0.146. The van der Waals surface area contributed by atoms with Crippen molar-refractivity contribution < 1.29 is 9.53 Å². The number of carbonyl (C=O) groups is 1. The first-order valence-electron chi connectivity index (χ1n) is 16.1. The summed E-state index contributed by atoms with van der Waals surface area (Å²) in [5.41, 5.74) is 1.73. The van der Waals surface area contributed by atoms with Gasteiger partial charge in [0.15, 0.2) is 0 Å². The Morgan fingerprint density at radius 3 is 2.03 bits per heavy atom. The fourth-order valence-corrected chi connectivity index (χ4v) is 7.55. The molecule has 0 aromatic carbocycles. The number of allylic oxidation sites excluding steroid dienone is 1. The third kappa shape index (κ3) is 9.17. The summed E-state index contributed by atoms with van der Waals surface area (Å²) in [5.74, 6) is 1.08. The van der Waals surface area contributed by atoms with Gasteiger partial charge in [-0.3, -0.25) is 4.79 Å². The average Bonchev–Trinajstić information content (AvgIpc) is 3.15. The number of nitrogens with one attached hydrogen (secondary N) is 1. The lowest BCUT2D eigenvalue weighted by Gasteiger charge is -2.50. The summed E-state index contributed by atoms with van der Waals surface area (Å²) in [7, 11) is 0. The second-order valence-corrected chi connectivity index (χ2v) is 12.9. The first kappa shape index (κ1) is 29.7. The van der Waals surface area contributed by atoms with Crippen LogP contribution < -0.4 is 5.32 Å². The van der Waals surface area contributed by atoms with E-state index in [9.17, 15) is 4.79 Å². The van der Waals surface area contributed by atoms with E-state index < -0.39 is 0 Å². The molecule has 3 nitrogen and oxygen atoms in total. The van der Waals surface area contributed by atoms with Crippen LogP contribution >= 0.6 is 0 Å². The van der Waals surface area contributed by atoms with Crippen LogP contribution in [-0.4, -0.2) is 25.2 Å². The maximum atomic E-state index is 12.7. The number of rotatable bonds is 19. The fourth-order valence-electron chi connectivity index (χ4n) is 7.55. The molecule has 3 rings (SSSR count). The van der Waals surface area contributed by atoms with Crippen LogP contribution in [0.3, 0.4) is 0 Å². The quantitative estimate of drug-likeness (QED) is 0.109. The van der Waals surface area contributed by atoms with Gasteiger partial charge in [-0.25, -0.2) is 0 Å². The number of esters is 1. The summed E-state index contributed by atoms with van der Waals surface area (Å²) in [6, 6.07) is 0. The van der Waals surface area contributed by atoms with Gasteiger partial charge in [0.05, 0.1) is 5.92 Å². The predicted octanol–water partition coefficient (Wildman–Crippen LogP) is 9.15. The molecule has 0 amide bonds. The first-order valence-corrected chi connectivity index (χ1v) is 16.1. The second kappa shape index (κ2) is 16.2. The lowest BCUT2D eigenvalue weighted by atomic mass is 9.55. The van der Waals surface area contributed by atoms with Gasteiger partial charge in [-0.2, -0.15) is 0 Å². The molecule has 1 aliphatic heterocycles. The first-order chi connectivity index (χ1) is 17.5. The number of ether oxygens (including phenoxy) is 1. The molecule has 0 aromatic heterocycles. The van der Waals surface area contributed by atoms with Crippen LogP contribution in [0.2, 0.25) is 0 Å². The molecule has 5 atom stereocenters. The van der Waals surface area contributed by atoms with E-state index in [1.54, 1.807) is 0 Å². The van der Waals surface area contributed by atoms with Gasteiger partial charge in [0.25, 0.3) is 0 Å². The molecule has 0 bridgehead atoms. The van der Waals surface area contributed by atoms with E-state index in [0.717, 1.165) is 25.9 Å². The summed E-state index contributed by atoms with van der Waals surface area (Å²) < 4.78 is 5.91.